The Morgan fingerprint density at radius 1 is 1.50 bits per heavy atom. The molecule has 1 aromatic rings. The molecular weight excluding hydrogens is 246 g/mol. The van der Waals surface area contributed by atoms with Crippen LogP contribution in [0.5, 0.6) is 5.75 Å². The van der Waals surface area contributed by atoms with E-state index < -0.39 is 6.04 Å². The zero-order valence-electron chi connectivity index (χ0n) is 7.50. The molecule has 0 saturated heterocycles. The summed E-state index contributed by atoms with van der Waals surface area (Å²) in [6, 6.07) is 4.96. The van der Waals surface area contributed by atoms with Gasteiger partial charge in [-0.05, 0) is 28.1 Å². The average Bonchev–Trinajstić information content (AvgIpc) is 2.31. The van der Waals surface area contributed by atoms with E-state index in [0.29, 0.717) is 24.3 Å². The number of benzene rings is 1. The van der Waals surface area contributed by atoms with E-state index >= 15 is 0 Å². The van der Waals surface area contributed by atoms with Crippen molar-refractivity contribution in [1.82, 2.24) is 0 Å². The highest BCUT2D eigenvalue weighted by atomic mass is 79.9. The van der Waals surface area contributed by atoms with Crippen molar-refractivity contribution >= 4 is 21.7 Å². The molecule has 1 aromatic carbocycles. The van der Waals surface area contributed by atoms with Crippen molar-refractivity contribution in [1.29, 1.82) is 0 Å². The van der Waals surface area contributed by atoms with Crippen LogP contribution >= 0.6 is 15.9 Å². The lowest BCUT2D eigenvalue weighted by atomic mass is 10.0. The summed E-state index contributed by atoms with van der Waals surface area (Å²) < 4.78 is 6.28. The Kier molecular flexibility index (Phi) is 2.56. The van der Waals surface area contributed by atoms with Crippen LogP contribution in [0.3, 0.4) is 0 Å². The molecule has 0 spiro atoms. The largest absolute Gasteiger partial charge is 0.492 e. The van der Waals surface area contributed by atoms with E-state index in [9.17, 15) is 4.79 Å². The average molecular weight is 256 g/mol. The Bertz CT molecular complexity index is 378. The minimum atomic E-state index is -0.439. The van der Waals surface area contributed by atoms with E-state index in [0.717, 1.165) is 4.47 Å². The normalized spacial score (nSPS) is 21.0. The van der Waals surface area contributed by atoms with Crippen molar-refractivity contribution in [3.63, 3.8) is 0 Å². The molecule has 1 aliphatic heterocycles. The predicted octanol–water partition coefficient (Wildman–Crippen LogP) is 1.74. The van der Waals surface area contributed by atoms with Crippen molar-refractivity contribution in [2.75, 3.05) is 6.61 Å². The number of nitrogens with two attached hydrogens (primary N) is 1. The summed E-state index contributed by atoms with van der Waals surface area (Å²) in [4.78, 5) is 11.8. The van der Waals surface area contributed by atoms with Crippen LogP contribution in [0.1, 0.15) is 16.8 Å². The van der Waals surface area contributed by atoms with Gasteiger partial charge in [0.15, 0.2) is 5.78 Å². The molecule has 1 aliphatic rings. The second-order valence-electron chi connectivity index (χ2n) is 3.22. The monoisotopic (exact) mass is 255 g/mol. The first-order valence-electron chi connectivity index (χ1n) is 4.41. The van der Waals surface area contributed by atoms with Crippen LogP contribution in [0.2, 0.25) is 0 Å². The van der Waals surface area contributed by atoms with Crippen LogP contribution < -0.4 is 10.5 Å². The zero-order valence-corrected chi connectivity index (χ0v) is 9.08. The van der Waals surface area contributed by atoms with Gasteiger partial charge in [-0.3, -0.25) is 4.79 Å². The molecule has 1 heterocycles. The molecule has 0 aromatic heterocycles. The molecule has 0 unspecified atom stereocenters. The molecule has 1 atom stereocenters. The highest BCUT2D eigenvalue weighted by molar-refractivity contribution is 9.10. The Morgan fingerprint density at radius 2 is 2.29 bits per heavy atom. The van der Waals surface area contributed by atoms with Crippen LogP contribution in [-0.2, 0) is 0 Å². The van der Waals surface area contributed by atoms with Crippen LogP contribution in [0, 0.1) is 0 Å². The Morgan fingerprint density at radius 3 is 3.07 bits per heavy atom. The number of carbonyl (C=O) groups is 1. The molecule has 0 radical (unpaired) electrons. The first-order chi connectivity index (χ1) is 6.70. The summed E-state index contributed by atoms with van der Waals surface area (Å²) >= 11 is 3.35. The maximum Gasteiger partial charge on any atom is 0.183 e. The molecule has 0 saturated carbocycles. The number of hydrogen-bond donors (Lipinski definition) is 1. The Balaban J connectivity index is 2.53. The Hall–Kier alpha value is -0.870. The van der Waals surface area contributed by atoms with Gasteiger partial charge in [0, 0.05) is 6.42 Å². The molecule has 0 amide bonds. The quantitative estimate of drug-likeness (QED) is 0.769. The number of para-hydroxylation sites is 1. The first kappa shape index (κ1) is 9.68. The molecule has 3 nitrogen and oxygen atoms in total. The highest BCUT2D eigenvalue weighted by Gasteiger charge is 2.24. The molecule has 2 rings (SSSR count). The molecule has 0 fully saturated rings. The van der Waals surface area contributed by atoms with Gasteiger partial charge >= 0.3 is 0 Å². The third-order valence-corrected chi connectivity index (χ3v) is 2.87. The molecule has 2 N–H and O–H groups in total. The van der Waals surface area contributed by atoms with Gasteiger partial charge in [-0.15, -0.1) is 0 Å². The zero-order chi connectivity index (χ0) is 10.1. The van der Waals surface area contributed by atoms with Gasteiger partial charge in [0.05, 0.1) is 22.7 Å². The van der Waals surface area contributed by atoms with Crippen molar-refractivity contribution < 1.29 is 9.53 Å². The minimum Gasteiger partial charge on any atom is -0.492 e. The summed E-state index contributed by atoms with van der Waals surface area (Å²) in [5, 5.41) is 0. The van der Waals surface area contributed by atoms with Gasteiger partial charge in [0.2, 0.25) is 0 Å². The van der Waals surface area contributed by atoms with Gasteiger partial charge in [0.25, 0.3) is 0 Å². The summed E-state index contributed by atoms with van der Waals surface area (Å²) in [7, 11) is 0. The number of carbonyl (C=O) groups excluding carboxylic acids is 1. The lowest BCUT2D eigenvalue weighted by Gasteiger charge is -2.07. The highest BCUT2D eigenvalue weighted by Crippen LogP contribution is 2.31. The Labute approximate surface area is 90.4 Å². The lowest BCUT2D eigenvalue weighted by molar-refractivity contribution is 0.0960. The lowest BCUT2D eigenvalue weighted by Crippen LogP contribution is -2.30. The number of rotatable bonds is 0. The van der Waals surface area contributed by atoms with E-state index in [1.165, 1.54) is 0 Å². The van der Waals surface area contributed by atoms with Crippen LogP contribution in [0.25, 0.3) is 0 Å². The maximum absolute atomic E-state index is 11.8. The van der Waals surface area contributed by atoms with Crippen molar-refractivity contribution in [3.8, 4) is 5.75 Å². The van der Waals surface area contributed by atoms with Crippen molar-refractivity contribution in [2.24, 2.45) is 5.73 Å². The topological polar surface area (TPSA) is 52.3 Å². The number of fused-ring (bicyclic) bond motifs is 1. The first-order valence-corrected chi connectivity index (χ1v) is 5.20. The summed E-state index contributed by atoms with van der Waals surface area (Å²) in [6.07, 6.45) is 0.569. The number of ketones is 1. The van der Waals surface area contributed by atoms with E-state index in [1.807, 2.05) is 12.1 Å². The molecule has 14 heavy (non-hydrogen) atoms. The van der Waals surface area contributed by atoms with Crippen molar-refractivity contribution in [3.05, 3.63) is 28.2 Å². The third-order valence-electron chi connectivity index (χ3n) is 2.24. The second-order valence-corrected chi connectivity index (χ2v) is 4.08. The van der Waals surface area contributed by atoms with Gasteiger partial charge in [-0.25, -0.2) is 0 Å². The fourth-order valence-corrected chi connectivity index (χ4v) is 1.95. The number of ether oxygens (including phenoxy) is 1. The number of halogens is 1. The van der Waals surface area contributed by atoms with Gasteiger partial charge in [-0.2, -0.15) is 0 Å². The molecule has 0 bridgehead atoms. The van der Waals surface area contributed by atoms with E-state index in [4.69, 9.17) is 10.5 Å². The van der Waals surface area contributed by atoms with Crippen LogP contribution in [0.15, 0.2) is 22.7 Å². The fraction of sp³-hybridized carbons (Fsp3) is 0.300. The predicted molar refractivity (Wildman–Crippen MR) is 56.6 cm³/mol. The second kappa shape index (κ2) is 3.71. The van der Waals surface area contributed by atoms with E-state index in [2.05, 4.69) is 15.9 Å². The number of hydrogen-bond acceptors (Lipinski definition) is 3. The van der Waals surface area contributed by atoms with Gasteiger partial charge < -0.3 is 10.5 Å². The molecule has 74 valence electrons. The SMILES string of the molecule is N[C@H]1CCOc2c(Br)cccc2C1=O. The number of Topliss-reactive ketones (excluding diaryl/α,β-unsaturated/α-hetero) is 1. The summed E-state index contributed by atoms with van der Waals surface area (Å²) in [5.74, 6) is 0.573. The summed E-state index contributed by atoms with van der Waals surface area (Å²) in [5.41, 5.74) is 6.27. The standard InChI is InChI=1S/C10H10BrNO2/c11-7-3-1-2-6-9(13)8(12)4-5-14-10(6)7/h1-3,8H,4-5,12H2/t8-/m0/s1. The van der Waals surface area contributed by atoms with E-state index in [1.54, 1.807) is 6.07 Å². The summed E-state index contributed by atoms with van der Waals surface area (Å²) in [6.45, 7) is 0.489. The van der Waals surface area contributed by atoms with E-state index in [-0.39, 0.29) is 5.78 Å². The molecule has 4 heteroatoms. The van der Waals surface area contributed by atoms with Gasteiger partial charge in [-0.1, -0.05) is 6.07 Å². The fourth-order valence-electron chi connectivity index (χ4n) is 1.47. The van der Waals surface area contributed by atoms with Gasteiger partial charge in [0.1, 0.15) is 5.75 Å². The van der Waals surface area contributed by atoms with Crippen LogP contribution in [-0.4, -0.2) is 18.4 Å². The smallest absolute Gasteiger partial charge is 0.183 e. The van der Waals surface area contributed by atoms with Crippen LogP contribution in [0.4, 0.5) is 0 Å². The molecule has 0 aliphatic carbocycles. The third kappa shape index (κ3) is 1.55. The van der Waals surface area contributed by atoms with Crippen molar-refractivity contribution in [2.45, 2.75) is 12.5 Å². The minimum absolute atomic E-state index is 0.0428. The maximum atomic E-state index is 11.8. The molecular formula is C10H10BrNO2.